The number of carbonyl (C=O) groups is 1. The van der Waals surface area contributed by atoms with Crippen LogP contribution in [0.15, 0.2) is 54.9 Å². The highest BCUT2D eigenvalue weighted by Crippen LogP contribution is 2.43. The molecule has 0 aliphatic heterocycles. The molecule has 0 saturated heterocycles. The number of rotatable bonds is 8. The lowest BCUT2D eigenvalue weighted by Gasteiger charge is -2.19. The van der Waals surface area contributed by atoms with Crippen LogP contribution in [0.5, 0.6) is 0 Å². The molecular weight excluding hydrogens is 442 g/mol. The van der Waals surface area contributed by atoms with Crippen LogP contribution in [-0.4, -0.2) is 42.6 Å². The maximum atomic E-state index is 12.0. The van der Waals surface area contributed by atoms with Gasteiger partial charge in [-0.05, 0) is 55.9 Å². The van der Waals surface area contributed by atoms with Crippen LogP contribution in [0.3, 0.4) is 0 Å². The average molecular weight is 472 g/mol. The van der Waals surface area contributed by atoms with Crippen LogP contribution in [-0.2, 0) is 6.61 Å². The van der Waals surface area contributed by atoms with Crippen molar-refractivity contribution in [3.8, 4) is 22.5 Å². The van der Waals surface area contributed by atoms with Gasteiger partial charge < -0.3 is 21.3 Å². The standard InChI is InChI=1S/C27H29N5O3/c1-27(2,35)15-30-25-26-29-12-23(17-9-10-20(24(28)34)21(11-17)16-7-8-16)32(26)13-22(31-25)19-6-4-3-5-18(19)14-33/h3-6,9-13,16,33,35H,7-8,14-15H2,1-2H3,(H2,28,34)(H,30,31). The van der Waals surface area contributed by atoms with Gasteiger partial charge in [-0.3, -0.25) is 9.20 Å². The Labute approximate surface area is 203 Å². The summed E-state index contributed by atoms with van der Waals surface area (Å²) >= 11 is 0. The summed E-state index contributed by atoms with van der Waals surface area (Å²) in [6, 6.07) is 13.3. The number of hydrogen-bond acceptors (Lipinski definition) is 6. The number of benzene rings is 2. The quantitative estimate of drug-likeness (QED) is 0.310. The van der Waals surface area contributed by atoms with Gasteiger partial charge in [-0.1, -0.05) is 30.3 Å². The molecule has 180 valence electrons. The number of aliphatic hydroxyl groups excluding tert-OH is 1. The van der Waals surface area contributed by atoms with E-state index in [1.165, 1.54) is 0 Å². The zero-order valence-electron chi connectivity index (χ0n) is 19.8. The fourth-order valence-electron chi connectivity index (χ4n) is 4.34. The Balaban J connectivity index is 1.69. The fraction of sp³-hybridized carbons (Fsp3) is 0.296. The van der Waals surface area contributed by atoms with E-state index in [-0.39, 0.29) is 13.2 Å². The molecule has 35 heavy (non-hydrogen) atoms. The molecule has 1 aliphatic rings. The first-order valence-electron chi connectivity index (χ1n) is 11.7. The first-order chi connectivity index (χ1) is 16.7. The summed E-state index contributed by atoms with van der Waals surface area (Å²) in [6.45, 7) is 3.61. The first-order valence-corrected chi connectivity index (χ1v) is 11.7. The van der Waals surface area contributed by atoms with Gasteiger partial charge >= 0.3 is 0 Å². The summed E-state index contributed by atoms with van der Waals surface area (Å²) in [6.07, 6.45) is 5.78. The Kier molecular flexibility index (Phi) is 5.78. The van der Waals surface area contributed by atoms with Crippen molar-refractivity contribution >= 4 is 17.4 Å². The Morgan fingerprint density at radius 3 is 2.69 bits per heavy atom. The topological polar surface area (TPSA) is 126 Å². The minimum absolute atomic E-state index is 0.113. The number of aliphatic hydroxyl groups is 2. The second-order valence-electron chi connectivity index (χ2n) is 9.73. The van der Waals surface area contributed by atoms with E-state index >= 15 is 0 Å². The van der Waals surface area contributed by atoms with Crippen LogP contribution in [0.2, 0.25) is 0 Å². The number of aromatic nitrogens is 3. The second kappa shape index (κ2) is 8.79. The molecule has 5 N–H and O–H groups in total. The van der Waals surface area contributed by atoms with Crippen molar-refractivity contribution in [1.29, 1.82) is 0 Å². The van der Waals surface area contributed by atoms with Gasteiger partial charge in [-0.25, -0.2) is 9.97 Å². The van der Waals surface area contributed by atoms with Gasteiger partial charge in [0.25, 0.3) is 0 Å². The number of carbonyl (C=O) groups excluding carboxylic acids is 1. The highest BCUT2D eigenvalue weighted by atomic mass is 16.3. The van der Waals surface area contributed by atoms with Crippen molar-refractivity contribution in [2.45, 2.75) is 44.8 Å². The molecule has 5 rings (SSSR count). The predicted octanol–water partition coefficient (Wildman–Crippen LogP) is 3.71. The van der Waals surface area contributed by atoms with E-state index in [1.807, 2.05) is 47.0 Å². The number of nitrogens with two attached hydrogens (primary N) is 1. The number of amides is 1. The van der Waals surface area contributed by atoms with Crippen molar-refractivity contribution in [3.05, 3.63) is 71.5 Å². The van der Waals surface area contributed by atoms with E-state index in [0.29, 0.717) is 28.6 Å². The SMILES string of the molecule is CC(C)(O)CNc1nc(-c2ccccc2CO)cn2c(-c3ccc(C(N)=O)c(C4CC4)c3)cnc12. The van der Waals surface area contributed by atoms with Crippen molar-refractivity contribution in [3.63, 3.8) is 0 Å². The van der Waals surface area contributed by atoms with E-state index in [0.717, 1.165) is 40.8 Å². The van der Waals surface area contributed by atoms with Crippen LogP contribution >= 0.6 is 0 Å². The molecule has 1 aliphatic carbocycles. The second-order valence-corrected chi connectivity index (χ2v) is 9.73. The smallest absolute Gasteiger partial charge is 0.248 e. The molecule has 1 fully saturated rings. The average Bonchev–Trinajstić information content (AvgIpc) is 3.60. The highest BCUT2D eigenvalue weighted by Gasteiger charge is 2.28. The van der Waals surface area contributed by atoms with Gasteiger partial charge in [0, 0.05) is 29.4 Å². The number of fused-ring (bicyclic) bond motifs is 1. The number of hydrogen-bond donors (Lipinski definition) is 4. The minimum atomic E-state index is -0.948. The third-order valence-corrected chi connectivity index (χ3v) is 6.27. The number of nitrogens with zero attached hydrogens (tertiary/aromatic N) is 3. The van der Waals surface area contributed by atoms with Crippen LogP contribution in [0, 0.1) is 0 Å². The molecule has 0 spiro atoms. The largest absolute Gasteiger partial charge is 0.392 e. The third kappa shape index (κ3) is 4.62. The Morgan fingerprint density at radius 2 is 2.00 bits per heavy atom. The van der Waals surface area contributed by atoms with E-state index in [2.05, 4.69) is 10.3 Å². The summed E-state index contributed by atoms with van der Waals surface area (Å²) in [4.78, 5) is 21.4. The molecular formula is C27H29N5O3. The van der Waals surface area contributed by atoms with Gasteiger partial charge in [0.1, 0.15) is 0 Å². The number of imidazole rings is 1. The Bertz CT molecular complexity index is 1420. The van der Waals surface area contributed by atoms with Gasteiger partial charge in [-0.15, -0.1) is 0 Å². The van der Waals surface area contributed by atoms with Gasteiger partial charge in [0.05, 0.1) is 29.8 Å². The maximum absolute atomic E-state index is 12.0. The zero-order chi connectivity index (χ0) is 24.7. The normalized spacial score (nSPS) is 13.8. The molecule has 0 bridgehead atoms. The Hall–Kier alpha value is -3.75. The number of primary amides is 1. The molecule has 0 unspecified atom stereocenters. The van der Waals surface area contributed by atoms with Crippen LogP contribution in [0.4, 0.5) is 5.82 Å². The zero-order valence-corrected chi connectivity index (χ0v) is 19.8. The molecule has 0 radical (unpaired) electrons. The molecule has 2 aromatic carbocycles. The lowest BCUT2D eigenvalue weighted by molar-refractivity contribution is 0.0943. The summed E-state index contributed by atoms with van der Waals surface area (Å²) in [5.74, 6) is 0.468. The van der Waals surface area contributed by atoms with Crippen LogP contribution in [0.25, 0.3) is 28.2 Å². The lowest BCUT2D eigenvalue weighted by atomic mass is 9.98. The summed E-state index contributed by atoms with van der Waals surface area (Å²) in [5.41, 5.74) is 10.8. The van der Waals surface area contributed by atoms with E-state index in [1.54, 1.807) is 26.1 Å². The fourth-order valence-corrected chi connectivity index (χ4v) is 4.34. The molecule has 1 amide bonds. The van der Waals surface area contributed by atoms with Crippen molar-refractivity contribution in [2.24, 2.45) is 5.73 Å². The number of anilines is 1. The van der Waals surface area contributed by atoms with Gasteiger partial charge in [0.2, 0.25) is 5.91 Å². The minimum Gasteiger partial charge on any atom is -0.392 e. The van der Waals surface area contributed by atoms with E-state index in [9.17, 15) is 15.0 Å². The summed E-state index contributed by atoms with van der Waals surface area (Å²) in [5, 5.41) is 23.4. The molecule has 8 nitrogen and oxygen atoms in total. The van der Waals surface area contributed by atoms with Crippen LogP contribution < -0.4 is 11.1 Å². The molecule has 0 atom stereocenters. The summed E-state index contributed by atoms with van der Waals surface area (Å²) in [7, 11) is 0. The highest BCUT2D eigenvalue weighted by molar-refractivity contribution is 5.95. The van der Waals surface area contributed by atoms with Crippen molar-refractivity contribution < 1.29 is 15.0 Å². The van der Waals surface area contributed by atoms with Gasteiger partial charge in [0.15, 0.2) is 11.5 Å². The predicted molar refractivity (Wildman–Crippen MR) is 135 cm³/mol. The maximum Gasteiger partial charge on any atom is 0.248 e. The van der Waals surface area contributed by atoms with E-state index in [4.69, 9.17) is 10.7 Å². The Morgan fingerprint density at radius 1 is 1.23 bits per heavy atom. The van der Waals surface area contributed by atoms with E-state index < -0.39 is 11.5 Å². The van der Waals surface area contributed by atoms with Gasteiger partial charge in [-0.2, -0.15) is 0 Å². The lowest BCUT2D eigenvalue weighted by Crippen LogP contribution is -2.29. The number of nitrogens with one attached hydrogen (secondary N) is 1. The van der Waals surface area contributed by atoms with Crippen molar-refractivity contribution in [1.82, 2.24) is 14.4 Å². The molecule has 8 heteroatoms. The summed E-state index contributed by atoms with van der Waals surface area (Å²) < 4.78 is 1.96. The van der Waals surface area contributed by atoms with Crippen molar-refractivity contribution in [2.75, 3.05) is 11.9 Å². The monoisotopic (exact) mass is 471 g/mol. The molecule has 4 aromatic rings. The van der Waals surface area contributed by atoms with Crippen LogP contribution in [0.1, 0.15) is 54.1 Å². The third-order valence-electron chi connectivity index (χ3n) is 6.27. The first kappa shape index (κ1) is 23.0. The molecule has 2 heterocycles. The molecule has 1 saturated carbocycles. The molecule has 2 aromatic heterocycles.